The summed E-state index contributed by atoms with van der Waals surface area (Å²) in [6.45, 7) is 0. The average Bonchev–Trinajstić information content (AvgIpc) is 4.07. The largest absolute Gasteiger partial charge is 0.309 e. The summed E-state index contributed by atoms with van der Waals surface area (Å²) in [6.07, 6.45) is 20.2. The fraction of sp³-hybridized carbons (Fsp3) is 0.171. The van der Waals surface area contributed by atoms with E-state index in [0.717, 1.165) is 38.1 Å². The summed E-state index contributed by atoms with van der Waals surface area (Å²) >= 11 is 0. The number of aromatic nitrogens is 6. The molecule has 2 amide bonds. The summed E-state index contributed by atoms with van der Waals surface area (Å²) < 4.78 is 28.5. The highest BCUT2D eigenvalue weighted by Crippen LogP contribution is 2.33. The topological polar surface area (TPSA) is 184 Å². The number of amidine groups is 1. The molecule has 2 N–H and O–H groups in total. The Bertz CT molecular complexity index is 2180. The number of halogens is 2. The third-order valence-electron chi connectivity index (χ3n) is 7.80. The van der Waals surface area contributed by atoms with Gasteiger partial charge in [-0.15, -0.1) is 0 Å². The number of hydrogen-bond donors (Lipinski definition) is 2. The van der Waals surface area contributed by atoms with Crippen LogP contribution in [0.15, 0.2) is 118 Å². The van der Waals surface area contributed by atoms with E-state index in [1.807, 2.05) is 0 Å². The standard InChI is InChI=1S/C18H14FN5O2.C17H13FN6O/c19-14-10-24(26)7-5-13(14)17-16(12-2-1-6-20-8-12)22-15(9-21-17)23-18(25)11-3-4-11;18-12-7-19-4-3-11(12)15-16(13-8-20-5-6-21-13)23-14(9-22-15)24-17(25)10-1-2-10/h1-2,5-11,26H,3-4H2;3-10H,1-2H2,(H,23,24,25). The molecule has 0 spiro atoms. The summed E-state index contributed by atoms with van der Waals surface area (Å²) in [7, 11) is 0. The molecule has 0 unspecified atom stereocenters. The third-order valence-corrected chi connectivity index (χ3v) is 7.80. The van der Waals surface area contributed by atoms with E-state index in [-0.39, 0.29) is 46.3 Å². The Balaban J connectivity index is 0.000000159. The van der Waals surface area contributed by atoms with Crippen molar-refractivity contribution < 1.29 is 23.6 Å². The van der Waals surface area contributed by atoms with Gasteiger partial charge >= 0.3 is 0 Å². The van der Waals surface area contributed by atoms with E-state index in [1.165, 1.54) is 55.5 Å². The van der Waals surface area contributed by atoms with Crippen molar-refractivity contribution in [1.82, 2.24) is 35.0 Å². The molecule has 14 nitrogen and oxygen atoms in total. The second kappa shape index (κ2) is 14.5. The van der Waals surface area contributed by atoms with Crippen molar-refractivity contribution in [3.05, 3.63) is 115 Å². The number of anilines is 1. The normalized spacial score (nSPS) is 18.8. The number of hydrogen-bond acceptors (Lipinski definition) is 11. The number of nitrogens with zero attached hydrogens (tertiary/aromatic N) is 10. The highest BCUT2D eigenvalue weighted by Gasteiger charge is 2.31. The molecule has 51 heavy (non-hydrogen) atoms. The molecule has 2 aliphatic heterocycles. The van der Waals surface area contributed by atoms with Gasteiger partial charge in [-0.25, -0.2) is 33.8 Å². The second-order valence-corrected chi connectivity index (χ2v) is 11.6. The van der Waals surface area contributed by atoms with Crippen molar-refractivity contribution in [2.45, 2.75) is 25.7 Å². The first-order chi connectivity index (χ1) is 24.8. The van der Waals surface area contributed by atoms with Crippen LogP contribution in [-0.4, -0.2) is 69.8 Å². The number of amides is 2. The van der Waals surface area contributed by atoms with Crippen LogP contribution in [-0.2, 0) is 9.59 Å². The van der Waals surface area contributed by atoms with Crippen LogP contribution in [0.4, 0.5) is 14.6 Å². The molecule has 6 heterocycles. The van der Waals surface area contributed by atoms with Crippen LogP contribution in [0.5, 0.6) is 0 Å². The van der Waals surface area contributed by atoms with Crippen molar-refractivity contribution in [3.8, 4) is 22.6 Å². The highest BCUT2D eigenvalue weighted by molar-refractivity contribution is 6.39. The van der Waals surface area contributed by atoms with E-state index in [2.05, 4.69) is 50.2 Å². The molecular weight excluding hydrogens is 660 g/mol. The summed E-state index contributed by atoms with van der Waals surface area (Å²) in [6, 6.07) is 5.00. The van der Waals surface area contributed by atoms with Gasteiger partial charge in [0.05, 0.1) is 36.7 Å². The van der Waals surface area contributed by atoms with Gasteiger partial charge in [-0.05, 0) is 50.0 Å². The zero-order chi connectivity index (χ0) is 35.3. The first-order valence-electron chi connectivity index (χ1n) is 15.8. The Labute approximate surface area is 288 Å². The van der Waals surface area contributed by atoms with Crippen LogP contribution in [0.1, 0.15) is 31.2 Å². The number of carbonyl (C=O) groups is 2. The monoisotopic (exact) mass is 687 g/mol. The summed E-state index contributed by atoms with van der Waals surface area (Å²) in [4.78, 5) is 61.4. The maximum absolute atomic E-state index is 14.3. The second-order valence-electron chi connectivity index (χ2n) is 11.6. The quantitative estimate of drug-likeness (QED) is 0.278. The van der Waals surface area contributed by atoms with Crippen LogP contribution in [0.25, 0.3) is 22.6 Å². The maximum Gasteiger partial charge on any atom is 0.250 e. The molecule has 16 heteroatoms. The van der Waals surface area contributed by atoms with Gasteiger partial charge in [0.2, 0.25) is 5.91 Å². The minimum Gasteiger partial charge on any atom is -0.309 e. The Kier molecular flexibility index (Phi) is 9.38. The van der Waals surface area contributed by atoms with Crippen molar-refractivity contribution >= 4 is 35.4 Å². The van der Waals surface area contributed by atoms with Gasteiger partial charge in [0.15, 0.2) is 23.3 Å². The van der Waals surface area contributed by atoms with Crippen LogP contribution in [0.2, 0.25) is 0 Å². The van der Waals surface area contributed by atoms with E-state index >= 15 is 0 Å². The van der Waals surface area contributed by atoms with E-state index < -0.39 is 11.6 Å². The lowest BCUT2D eigenvalue weighted by atomic mass is 10.0. The van der Waals surface area contributed by atoms with Crippen molar-refractivity contribution in [1.29, 1.82) is 0 Å². The van der Waals surface area contributed by atoms with Crippen LogP contribution in [0.3, 0.4) is 0 Å². The van der Waals surface area contributed by atoms with Gasteiger partial charge < -0.3 is 5.32 Å². The van der Waals surface area contributed by atoms with E-state index in [9.17, 15) is 23.6 Å². The molecule has 4 aromatic heterocycles. The van der Waals surface area contributed by atoms with Crippen LogP contribution >= 0.6 is 0 Å². The maximum atomic E-state index is 14.3. The Morgan fingerprint density at radius 2 is 1.71 bits per heavy atom. The van der Waals surface area contributed by atoms with Crippen molar-refractivity contribution in [2.75, 3.05) is 5.32 Å². The Hall–Kier alpha value is -6.55. The minimum absolute atomic E-state index is 0.0233. The number of nitrogens with one attached hydrogen (secondary N) is 1. The average molecular weight is 688 g/mol. The van der Waals surface area contributed by atoms with Crippen molar-refractivity contribution in [2.24, 2.45) is 26.8 Å². The lowest BCUT2D eigenvalue weighted by molar-refractivity contribution is -0.119. The van der Waals surface area contributed by atoms with Gasteiger partial charge in [-0.3, -0.25) is 34.7 Å². The number of rotatable bonds is 6. The molecule has 0 aromatic carbocycles. The molecule has 0 radical (unpaired) electrons. The molecule has 4 aliphatic rings. The molecule has 0 atom stereocenters. The molecule has 4 aromatic rings. The number of hydroxylamine groups is 2. The molecule has 2 saturated carbocycles. The molecule has 8 rings (SSSR count). The first-order valence-corrected chi connectivity index (χ1v) is 15.8. The van der Waals surface area contributed by atoms with E-state index in [1.54, 1.807) is 24.5 Å². The molecule has 0 bridgehead atoms. The molecule has 2 fully saturated rings. The number of allylic oxidation sites excluding steroid dienone is 4. The van der Waals surface area contributed by atoms with Gasteiger partial charge in [0, 0.05) is 65.7 Å². The summed E-state index contributed by atoms with van der Waals surface area (Å²) in [5.41, 5.74) is 2.75. The third kappa shape index (κ3) is 7.86. The van der Waals surface area contributed by atoms with Crippen LogP contribution < -0.4 is 5.32 Å². The number of aliphatic imine (C=N–C) groups is 3. The number of pyridine rings is 2. The lowest BCUT2D eigenvalue weighted by Crippen LogP contribution is -2.18. The zero-order valence-corrected chi connectivity index (χ0v) is 26.6. The lowest BCUT2D eigenvalue weighted by Gasteiger charge is -2.17. The van der Waals surface area contributed by atoms with E-state index in [4.69, 9.17) is 0 Å². The Morgan fingerprint density at radius 3 is 2.41 bits per heavy atom. The van der Waals surface area contributed by atoms with Gasteiger partial charge in [0.25, 0.3) is 5.91 Å². The smallest absolute Gasteiger partial charge is 0.250 e. The molecule has 2 aliphatic carbocycles. The van der Waals surface area contributed by atoms with E-state index in [0.29, 0.717) is 39.2 Å². The van der Waals surface area contributed by atoms with Gasteiger partial charge in [-0.2, -0.15) is 4.99 Å². The zero-order valence-electron chi connectivity index (χ0n) is 26.6. The summed E-state index contributed by atoms with van der Waals surface area (Å²) in [5, 5.41) is 12.7. The molecule has 254 valence electrons. The Morgan fingerprint density at radius 1 is 0.902 bits per heavy atom. The number of carbonyl (C=O) groups excluding carboxylic acids is 2. The fourth-order valence-corrected chi connectivity index (χ4v) is 4.91. The van der Waals surface area contributed by atoms with Gasteiger partial charge in [-0.1, -0.05) is 0 Å². The predicted octanol–water partition coefficient (Wildman–Crippen LogP) is 5.06. The molecular formula is C35H27F2N11O3. The fourth-order valence-electron chi connectivity index (χ4n) is 4.91. The first kappa shape index (κ1) is 33.0. The SMILES string of the molecule is O=C(N=C1C=NC(=C2C=CN(O)C=C2F)C(c2cccnc2)=N1)C1CC1.O=C(Nc1cnc(-c2ccncc2F)c(-c2cnccn2)n1)C1CC1. The minimum atomic E-state index is -0.659. The predicted molar refractivity (Wildman–Crippen MR) is 181 cm³/mol. The van der Waals surface area contributed by atoms with Crippen LogP contribution in [0, 0.1) is 17.7 Å². The van der Waals surface area contributed by atoms with Gasteiger partial charge in [0.1, 0.15) is 22.8 Å². The van der Waals surface area contributed by atoms with Crippen molar-refractivity contribution in [3.63, 3.8) is 0 Å². The highest BCUT2D eigenvalue weighted by atomic mass is 19.1. The molecule has 0 saturated heterocycles. The summed E-state index contributed by atoms with van der Waals surface area (Å²) in [5.74, 6) is -0.971.